The first-order valence-corrected chi connectivity index (χ1v) is 25.3. The van der Waals surface area contributed by atoms with Crippen LogP contribution in [0, 0.1) is 36.9 Å². The normalized spacial score (nSPS) is 16.7. The van der Waals surface area contributed by atoms with Gasteiger partial charge in [-0.1, -0.05) is 30.3 Å². The fraction of sp³-hybridized carbons (Fsp3) is 0.379. The average molecular weight is 988 g/mol. The van der Waals surface area contributed by atoms with Crippen molar-refractivity contribution in [3.05, 3.63) is 147 Å². The summed E-state index contributed by atoms with van der Waals surface area (Å²) in [5, 5.41) is 23.3. The Labute approximate surface area is 425 Å². The van der Waals surface area contributed by atoms with Crippen LogP contribution in [0.4, 0.5) is 10.1 Å². The Balaban J connectivity index is 1.03. The number of fused-ring (bicyclic) bond motifs is 2. The number of carbonyl (C=O) groups excluding carboxylic acids is 3. The summed E-state index contributed by atoms with van der Waals surface area (Å²) in [6, 6.07) is 26.9. The number of nitrogens with one attached hydrogen (secondary N) is 1. The lowest BCUT2D eigenvalue weighted by Gasteiger charge is -2.38. The van der Waals surface area contributed by atoms with Crippen LogP contribution >= 0.6 is 0 Å². The van der Waals surface area contributed by atoms with Gasteiger partial charge in [-0.2, -0.15) is 5.26 Å². The fourth-order valence-corrected chi connectivity index (χ4v) is 10.6. The fourth-order valence-electron chi connectivity index (χ4n) is 10.6. The van der Waals surface area contributed by atoms with Crippen molar-refractivity contribution in [1.82, 2.24) is 23.8 Å². The van der Waals surface area contributed by atoms with E-state index in [1.165, 1.54) is 23.8 Å². The molecule has 378 valence electrons. The molecule has 14 nitrogen and oxygen atoms in total. The Morgan fingerprint density at radius 1 is 0.849 bits per heavy atom. The largest absolute Gasteiger partial charge is 0.508 e. The van der Waals surface area contributed by atoms with Crippen LogP contribution in [0.3, 0.4) is 0 Å². The van der Waals surface area contributed by atoms with Gasteiger partial charge in [0.05, 0.1) is 43.5 Å². The molecule has 4 aliphatic rings. The third-order valence-corrected chi connectivity index (χ3v) is 15.3. The molecule has 10 rings (SSSR count). The maximum atomic E-state index is 15.9. The zero-order valence-electron chi connectivity index (χ0n) is 42.0. The number of ether oxygens (including phenoxy) is 3. The Morgan fingerprint density at radius 3 is 2.34 bits per heavy atom. The highest BCUT2D eigenvalue weighted by atomic mass is 19.1. The van der Waals surface area contributed by atoms with Gasteiger partial charge in [-0.15, -0.1) is 0 Å². The number of amides is 3. The standard InChI is InChI=1S/C58H62FN7O7/c1-36-49(29-45(31-60)62(36)3)55-54(57(69)61-44-12-14-47(67)15-13-44)37(2)63(4)56(55)50-26-40-17-18-65(53(68)28-41-11-16-48(30-52(41)59)73-24-21-64-19-22-71-23-20-64)32-43(40)27-51(50)58(70)66-33-42-8-6-5-7-39(42)25-46(66)35-72-34-38-9-10-38/h5-8,11-16,26-27,29-30,38,46,67H,9-10,17-25,28,32-35H2,1-4H3,(H,61,69)/t46-/m0/s1. The second kappa shape index (κ2) is 21.1. The van der Waals surface area contributed by atoms with Crippen LogP contribution in [0.25, 0.3) is 22.4 Å². The summed E-state index contributed by atoms with van der Waals surface area (Å²) in [7, 11) is 3.70. The first kappa shape index (κ1) is 49.3. The predicted molar refractivity (Wildman–Crippen MR) is 275 cm³/mol. The number of phenolic OH excluding ortho intramolecular Hbond substituents is 1. The van der Waals surface area contributed by atoms with Gasteiger partial charge in [0, 0.05) is 105 Å². The van der Waals surface area contributed by atoms with Crippen molar-refractivity contribution in [2.24, 2.45) is 20.0 Å². The first-order valence-electron chi connectivity index (χ1n) is 25.3. The lowest BCUT2D eigenvalue weighted by molar-refractivity contribution is -0.131. The van der Waals surface area contributed by atoms with E-state index in [9.17, 15) is 20.0 Å². The van der Waals surface area contributed by atoms with E-state index in [0.29, 0.717) is 128 Å². The lowest BCUT2D eigenvalue weighted by atomic mass is 9.87. The molecule has 1 atom stereocenters. The molecule has 0 bridgehead atoms. The number of aromatic nitrogens is 2. The van der Waals surface area contributed by atoms with E-state index in [2.05, 4.69) is 28.4 Å². The monoisotopic (exact) mass is 987 g/mol. The molecular weight excluding hydrogens is 926 g/mol. The van der Waals surface area contributed by atoms with Gasteiger partial charge in [0.1, 0.15) is 35.7 Å². The number of anilines is 1. The van der Waals surface area contributed by atoms with Crippen molar-refractivity contribution < 1.29 is 38.1 Å². The number of aromatic hydroxyl groups is 1. The highest BCUT2D eigenvalue weighted by molar-refractivity contribution is 6.14. The smallest absolute Gasteiger partial charge is 0.258 e. The predicted octanol–water partition coefficient (Wildman–Crippen LogP) is 8.12. The van der Waals surface area contributed by atoms with Crippen LogP contribution < -0.4 is 10.1 Å². The van der Waals surface area contributed by atoms with Gasteiger partial charge >= 0.3 is 0 Å². The van der Waals surface area contributed by atoms with Crippen LogP contribution in [0.1, 0.15) is 78.5 Å². The van der Waals surface area contributed by atoms with Crippen molar-refractivity contribution >= 4 is 23.4 Å². The molecule has 1 saturated carbocycles. The zero-order chi connectivity index (χ0) is 50.9. The summed E-state index contributed by atoms with van der Waals surface area (Å²) in [6.07, 6.45) is 3.22. The van der Waals surface area contributed by atoms with Gasteiger partial charge in [0.25, 0.3) is 11.8 Å². The maximum Gasteiger partial charge on any atom is 0.258 e. The van der Waals surface area contributed by atoms with Gasteiger partial charge in [-0.25, -0.2) is 4.39 Å². The van der Waals surface area contributed by atoms with Crippen molar-refractivity contribution in [3.63, 3.8) is 0 Å². The number of carbonyl (C=O) groups is 3. The van der Waals surface area contributed by atoms with Crippen LogP contribution in [0.15, 0.2) is 84.9 Å². The summed E-state index contributed by atoms with van der Waals surface area (Å²) >= 11 is 0. The van der Waals surface area contributed by atoms with Gasteiger partial charge in [-0.3, -0.25) is 19.3 Å². The number of halogens is 1. The number of hydrogen-bond acceptors (Lipinski definition) is 9. The van der Waals surface area contributed by atoms with Gasteiger partial charge in [0.15, 0.2) is 0 Å². The third kappa shape index (κ3) is 10.4. The Morgan fingerprint density at radius 2 is 1.62 bits per heavy atom. The highest BCUT2D eigenvalue weighted by Crippen LogP contribution is 2.44. The summed E-state index contributed by atoms with van der Waals surface area (Å²) in [6.45, 7) is 9.89. The lowest BCUT2D eigenvalue weighted by Crippen LogP contribution is -2.47. The molecule has 5 heterocycles. The second-order valence-corrected chi connectivity index (χ2v) is 19.9. The molecule has 0 unspecified atom stereocenters. The van der Waals surface area contributed by atoms with Gasteiger partial charge in [0.2, 0.25) is 5.91 Å². The molecule has 3 aliphatic heterocycles. The minimum Gasteiger partial charge on any atom is -0.508 e. The van der Waals surface area contributed by atoms with Gasteiger partial charge < -0.3 is 43.6 Å². The molecule has 2 aromatic heterocycles. The van der Waals surface area contributed by atoms with Gasteiger partial charge in [-0.05, 0) is 122 Å². The molecule has 0 spiro atoms. The molecule has 2 fully saturated rings. The van der Waals surface area contributed by atoms with E-state index >= 15 is 9.18 Å². The van der Waals surface area contributed by atoms with E-state index in [4.69, 9.17) is 14.2 Å². The summed E-state index contributed by atoms with van der Waals surface area (Å²) in [5.74, 6) is -0.345. The number of phenols is 1. The van der Waals surface area contributed by atoms with Crippen molar-refractivity contribution in [2.45, 2.75) is 65.1 Å². The molecule has 3 amide bonds. The summed E-state index contributed by atoms with van der Waals surface area (Å²) < 4.78 is 37.0. The van der Waals surface area contributed by atoms with E-state index in [1.807, 2.05) is 61.7 Å². The van der Waals surface area contributed by atoms with E-state index in [1.54, 1.807) is 39.8 Å². The summed E-state index contributed by atoms with van der Waals surface area (Å²) in [5.41, 5.74) is 9.75. The summed E-state index contributed by atoms with van der Waals surface area (Å²) in [4.78, 5) is 50.7. The van der Waals surface area contributed by atoms with Crippen molar-refractivity contribution in [2.75, 3.05) is 64.5 Å². The Kier molecular flexibility index (Phi) is 14.2. The molecule has 6 aromatic rings. The van der Waals surface area contributed by atoms with Crippen LogP contribution in [-0.4, -0.2) is 112 Å². The minimum atomic E-state index is -0.508. The molecule has 73 heavy (non-hydrogen) atoms. The molecule has 2 N–H and O–H groups in total. The number of nitrogens with zero attached hydrogens (tertiary/aromatic N) is 6. The number of nitriles is 1. The Hall–Kier alpha value is -7.25. The number of morpholine rings is 1. The van der Waals surface area contributed by atoms with Crippen LogP contribution in [-0.2, 0) is 60.7 Å². The number of benzene rings is 4. The Bertz CT molecular complexity index is 3130. The van der Waals surface area contributed by atoms with Crippen LogP contribution in [0.5, 0.6) is 11.5 Å². The third-order valence-electron chi connectivity index (χ3n) is 15.3. The quantitative estimate of drug-likeness (QED) is 0.0972. The topological polar surface area (TPSA) is 155 Å². The molecule has 0 radical (unpaired) electrons. The average Bonchev–Trinajstić information content (AvgIpc) is 4.13. The number of rotatable bonds is 15. The highest BCUT2D eigenvalue weighted by Gasteiger charge is 2.37. The van der Waals surface area contributed by atoms with Crippen molar-refractivity contribution in [1.29, 1.82) is 5.26 Å². The van der Waals surface area contributed by atoms with E-state index < -0.39 is 11.7 Å². The van der Waals surface area contributed by atoms with Crippen LogP contribution in [0.2, 0.25) is 0 Å². The van der Waals surface area contributed by atoms with Crippen molar-refractivity contribution in [3.8, 4) is 40.0 Å². The zero-order valence-corrected chi connectivity index (χ0v) is 42.0. The maximum absolute atomic E-state index is 15.9. The molecule has 4 aromatic carbocycles. The SMILES string of the molecule is Cc1c(-c2c(C(=O)Nc3ccc(O)cc3)c(C)n(C)c2-c2cc3c(cc2C(=O)N2Cc4ccccc4C[C@H]2COCC2CC2)CN(C(=O)Cc2ccc(OCCN4CCOCC4)cc2F)CC3)cc(C#N)n1C. The molecule has 1 aliphatic carbocycles. The first-order chi connectivity index (χ1) is 35.3. The van der Waals surface area contributed by atoms with E-state index in [-0.39, 0.29) is 42.1 Å². The van der Waals surface area contributed by atoms with E-state index in [0.717, 1.165) is 48.3 Å². The number of hydrogen-bond donors (Lipinski definition) is 2. The molecule has 1 saturated heterocycles. The second-order valence-electron chi connectivity index (χ2n) is 19.9. The molecule has 15 heteroatoms. The molecular formula is C58H62FN7O7. The minimum absolute atomic E-state index is 0.0622.